The summed E-state index contributed by atoms with van der Waals surface area (Å²) >= 11 is 0. The van der Waals surface area contributed by atoms with E-state index in [0.717, 1.165) is 16.8 Å². The third kappa shape index (κ3) is 3.84. The Morgan fingerprint density at radius 1 is 1.00 bits per heavy atom. The minimum absolute atomic E-state index is 0.105. The maximum absolute atomic E-state index is 13.4. The molecule has 3 heterocycles. The van der Waals surface area contributed by atoms with Crippen molar-refractivity contribution in [3.63, 3.8) is 0 Å². The minimum atomic E-state index is -0.240. The number of tetrazole rings is 1. The number of pyridine rings is 1. The van der Waals surface area contributed by atoms with Crippen molar-refractivity contribution in [2.45, 2.75) is 19.9 Å². The van der Waals surface area contributed by atoms with E-state index in [2.05, 4.69) is 25.9 Å². The number of fused-ring (bicyclic) bond motifs is 1. The van der Waals surface area contributed by atoms with Gasteiger partial charge < -0.3 is 5.32 Å². The van der Waals surface area contributed by atoms with Crippen LogP contribution in [0.1, 0.15) is 30.2 Å². The second-order valence-corrected chi connectivity index (χ2v) is 8.00. The first-order valence-corrected chi connectivity index (χ1v) is 10.6. The Kier molecular flexibility index (Phi) is 5.14. The SMILES string of the molecule is CC(C)n1ncc2c(C(=O)Nc3cccc(-c4nnnn4C)c3)cc(-c3ccccc3)nc21. The van der Waals surface area contributed by atoms with Crippen LogP contribution in [0.15, 0.2) is 66.9 Å². The molecule has 5 rings (SSSR count). The van der Waals surface area contributed by atoms with E-state index in [1.165, 1.54) is 0 Å². The number of aromatic nitrogens is 7. The average molecular weight is 438 g/mol. The van der Waals surface area contributed by atoms with Crippen LogP contribution in [-0.2, 0) is 7.05 Å². The van der Waals surface area contributed by atoms with E-state index in [4.69, 9.17) is 4.98 Å². The molecule has 3 aromatic heterocycles. The third-order valence-corrected chi connectivity index (χ3v) is 5.37. The molecule has 0 unspecified atom stereocenters. The van der Waals surface area contributed by atoms with Crippen LogP contribution in [-0.4, -0.2) is 40.9 Å². The zero-order valence-electron chi connectivity index (χ0n) is 18.5. The van der Waals surface area contributed by atoms with Crippen molar-refractivity contribution in [1.82, 2.24) is 35.0 Å². The predicted octanol–water partition coefficient (Wildman–Crippen LogP) is 4.12. The molecule has 9 nitrogen and oxygen atoms in total. The van der Waals surface area contributed by atoms with Crippen LogP contribution >= 0.6 is 0 Å². The maximum atomic E-state index is 13.4. The number of carbonyl (C=O) groups is 1. The number of anilines is 1. The molecule has 0 spiro atoms. The molecule has 0 bridgehead atoms. The van der Waals surface area contributed by atoms with Gasteiger partial charge >= 0.3 is 0 Å². The van der Waals surface area contributed by atoms with Gasteiger partial charge in [0.15, 0.2) is 11.5 Å². The lowest BCUT2D eigenvalue weighted by molar-refractivity contribution is 0.102. The molecule has 33 heavy (non-hydrogen) atoms. The number of rotatable bonds is 5. The highest BCUT2D eigenvalue weighted by Gasteiger charge is 2.19. The average Bonchev–Trinajstić information content (AvgIpc) is 3.45. The van der Waals surface area contributed by atoms with Crippen molar-refractivity contribution >= 4 is 22.6 Å². The van der Waals surface area contributed by atoms with Crippen molar-refractivity contribution in [3.05, 3.63) is 72.4 Å². The molecule has 0 saturated carbocycles. The maximum Gasteiger partial charge on any atom is 0.256 e. The summed E-state index contributed by atoms with van der Waals surface area (Å²) in [6.07, 6.45) is 1.70. The number of amides is 1. The van der Waals surface area contributed by atoms with Gasteiger partial charge in [-0.1, -0.05) is 42.5 Å². The van der Waals surface area contributed by atoms with Gasteiger partial charge in [0.05, 0.1) is 22.8 Å². The Morgan fingerprint density at radius 3 is 2.52 bits per heavy atom. The van der Waals surface area contributed by atoms with Gasteiger partial charge in [-0.3, -0.25) is 4.79 Å². The van der Waals surface area contributed by atoms with Crippen LogP contribution in [0.3, 0.4) is 0 Å². The molecule has 0 atom stereocenters. The Labute approximate surface area is 190 Å². The van der Waals surface area contributed by atoms with Gasteiger partial charge in [0, 0.05) is 29.9 Å². The van der Waals surface area contributed by atoms with Crippen LogP contribution in [0.5, 0.6) is 0 Å². The van der Waals surface area contributed by atoms with Crippen LogP contribution < -0.4 is 5.32 Å². The van der Waals surface area contributed by atoms with Crippen molar-refractivity contribution in [2.24, 2.45) is 7.05 Å². The molecule has 0 radical (unpaired) electrons. The molecule has 0 aliphatic carbocycles. The quantitative estimate of drug-likeness (QED) is 0.443. The molecular formula is C24H22N8O. The van der Waals surface area contributed by atoms with Crippen LogP contribution in [0.25, 0.3) is 33.7 Å². The van der Waals surface area contributed by atoms with Gasteiger partial charge in [-0.05, 0) is 42.5 Å². The summed E-state index contributed by atoms with van der Waals surface area (Å²) in [6.45, 7) is 4.08. The molecule has 2 aromatic carbocycles. The number of nitrogens with zero attached hydrogens (tertiary/aromatic N) is 7. The number of hydrogen-bond acceptors (Lipinski definition) is 6. The molecule has 0 fully saturated rings. The summed E-state index contributed by atoms with van der Waals surface area (Å²) in [7, 11) is 1.77. The molecule has 0 aliphatic heterocycles. The monoisotopic (exact) mass is 438 g/mol. The fraction of sp³-hybridized carbons (Fsp3) is 0.167. The van der Waals surface area contributed by atoms with Gasteiger partial charge in [-0.25, -0.2) is 14.3 Å². The highest BCUT2D eigenvalue weighted by molar-refractivity contribution is 6.12. The number of carbonyl (C=O) groups excluding carboxylic acids is 1. The summed E-state index contributed by atoms with van der Waals surface area (Å²) in [6, 6.07) is 19.2. The van der Waals surface area contributed by atoms with Crippen molar-refractivity contribution in [1.29, 1.82) is 0 Å². The zero-order valence-corrected chi connectivity index (χ0v) is 18.5. The Hall–Kier alpha value is -4.40. The fourth-order valence-corrected chi connectivity index (χ4v) is 3.75. The van der Waals surface area contributed by atoms with Crippen LogP contribution in [0.2, 0.25) is 0 Å². The third-order valence-electron chi connectivity index (χ3n) is 5.37. The van der Waals surface area contributed by atoms with E-state index >= 15 is 0 Å². The minimum Gasteiger partial charge on any atom is -0.322 e. The lowest BCUT2D eigenvalue weighted by Crippen LogP contribution is -2.13. The highest BCUT2D eigenvalue weighted by Crippen LogP contribution is 2.27. The first-order valence-electron chi connectivity index (χ1n) is 10.6. The van der Waals surface area contributed by atoms with E-state index in [0.29, 0.717) is 28.1 Å². The Morgan fingerprint density at radius 2 is 1.79 bits per heavy atom. The van der Waals surface area contributed by atoms with Gasteiger partial charge in [0.2, 0.25) is 0 Å². The first kappa shape index (κ1) is 20.5. The zero-order chi connectivity index (χ0) is 22.9. The van der Waals surface area contributed by atoms with Crippen molar-refractivity contribution in [3.8, 4) is 22.6 Å². The Balaban J connectivity index is 1.57. The van der Waals surface area contributed by atoms with Gasteiger partial charge in [-0.2, -0.15) is 5.10 Å². The second-order valence-electron chi connectivity index (χ2n) is 8.00. The summed E-state index contributed by atoms with van der Waals surface area (Å²) in [5, 5.41) is 19.8. The summed E-state index contributed by atoms with van der Waals surface area (Å²) < 4.78 is 3.42. The van der Waals surface area contributed by atoms with Crippen LogP contribution in [0.4, 0.5) is 5.69 Å². The Bertz CT molecular complexity index is 1450. The second kappa shape index (κ2) is 8.27. The largest absolute Gasteiger partial charge is 0.322 e. The highest BCUT2D eigenvalue weighted by atomic mass is 16.1. The molecule has 1 N–H and O–H groups in total. The lowest BCUT2D eigenvalue weighted by atomic mass is 10.1. The fourth-order valence-electron chi connectivity index (χ4n) is 3.75. The normalized spacial score (nSPS) is 11.3. The molecule has 9 heteroatoms. The topological polar surface area (TPSA) is 103 Å². The molecule has 0 saturated heterocycles. The van der Waals surface area contributed by atoms with E-state index in [9.17, 15) is 4.79 Å². The van der Waals surface area contributed by atoms with E-state index in [1.54, 1.807) is 17.9 Å². The van der Waals surface area contributed by atoms with E-state index < -0.39 is 0 Å². The predicted molar refractivity (Wildman–Crippen MR) is 126 cm³/mol. The molecular weight excluding hydrogens is 416 g/mol. The first-order chi connectivity index (χ1) is 16.0. The van der Waals surface area contributed by atoms with E-state index in [-0.39, 0.29) is 11.9 Å². The van der Waals surface area contributed by atoms with Gasteiger partial charge in [-0.15, -0.1) is 5.10 Å². The lowest BCUT2D eigenvalue weighted by Gasteiger charge is -2.11. The number of benzene rings is 2. The smallest absolute Gasteiger partial charge is 0.256 e. The standard InChI is InChI=1S/C24H22N8O/c1-15(2)32-23-20(14-25-32)19(13-21(27-23)16-8-5-4-6-9-16)24(33)26-18-11-7-10-17(12-18)22-28-29-30-31(22)3/h4-15H,1-3H3,(H,26,33). The van der Waals surface area contributed by atoms with E-state index in [1.807, 2.05) is 79.2 Å². The van der Waals surface area contributed by atoms with Crippen LogP contribution in [0, 0.1) is 0 Å². The number of hydrogen-bond donors (Lipinski definition) is 1. The van der Waals surface area contributed by atoms with Gasteiger partial charge in [0.1, 0.15) is 0 Å². The molecule has 5 aromatic rings. The molecule has 164 valence electrons. The number of aryl methyl sites for hydroxylation is 1. The van der Waals surface area contributed by atoms with Gasteiger partial charge in [0.25, 0.3) is 5.91 Å². The summed E-state index contributed by atoms with van der Waals surface area (Å²) in [5.41, 5.74) is 4.28. The van der Waals surface area contributed by atoms with Crippen molar-refractivity contribution < 1.29 is 4.79 Å². The molecule has 0 aliphatic rings. The molecule has 1 amide bonds. The summed E-state index contributed by atoms with van der Waals surface area (Å²) in [4.78, 5) is 18.3. The number of nitrogens with one attached hydrogen (secondary N) is 1. The summed E-state index contributed by atoms with van der Waals surface area (Å²) in [5.74, 6) is 0.373. The van der Waals surface area contributed by atoms with Crippen molar-refractivity contribution in [2.75, 3.05) is 5.32 Å².